The van der Waals surface area contributed by atoms with Crippen LogP contribution in [0.5, 0.6) is 11.5 Å². The van der Waals surface area contributed by atoms with E-state index in [1.165, 1.54) is 0 Å². The molecule has 2 aliphatic heterocycles. The summed E-state index contributed by atoms with van der Waals surface area (Å²) < 4.78 is 16.2. The van der Waals surface area contributed by atoms with Crippen LogP contribution in [0.2, 0.25) is 0 Å². The van der Waals surface area contributed by atoms with Crippen LogP contribution in [-0.4, -0.2) is 68.8 Å². The van der Waals surface area contributed by atoms with E-state index in [1.807, 2.05) is 23.1 Å². The molecular weight excluding hydrogens is 320 g/mol. The maximum Gasteiger partial charge on any atom is 0.237 e. The monoisotopic (exact) mass is 348 g/mol. The molecule has 0 radical (unpaired) electrons. The summed E-state index contributed by atoms with van der Waals surface area (Å²) in [6, 6.07) is 6.35. The lowest BCUT2D eigenvalue weighted by Crippen LogP contribution is -2.49. The number of morpholine rings is 1. The number of carbonyl (C=O) groups is 1. The molecule has 6 heteroatoms. The average molecular weight is 348 g/mol. The second-order valence-electron chi connectivity index (χ2n) is 6.75. The fourth-order valence-corrected chi connectivity index (χ4v) is 3.73. The molecule has 0 saturated carbocycles. The minimum Gasteiger partial charge on any atom is -0.493 e. The van der Waals surface area contributed by atoms with Crippen LogP contribution in [0.25, 0.3) is 0 Å². The number of benzene rings is 1. The number of methoxy groups -OCH3 is 2. The van der Waals surface area contributed by atoms with Crippen LogP contribution in [0.3, 0.4) is 0 Å². The quantitative estimate of drug-likeness (QED) is 0.816. The van der Waals surface area contributed by atoms with Crippen LogP contribution in [0.1, 0.15) is 31.4 Å². The fourth-order valence-electron chi connectivity index (χ4n) is 3.73. The highest BCUT2D eigenvalue weighted by Gasteiger charge is 2.32. The molecule has 0 N–H and O–H groups in total. The Balaban J connectivity index is 1.72. The van der Waals surface area contributed by atoms with Crippen molar-refractivity contribution in [2.24, 2.45) is 0 Å². The van der Waals surface area contributed by atoms with Crippen molar-refractivity contribution < 1.29 is 19.0 Å². The molecule has 3 rings (SSSR count). The molecule has 138 valence electrons. The fraction of sp³-hybridized carbons (Fsp3) is 0.632. The van der Waals surface area contributed by atoms with Gasteiger partial charge in [0.25, 0.3) is 0 Å². The van der Waals surface area contributed by atoms with Gasteiger partial charge in [-0.05, 0) is 37.5 Å². The van der Waals surface area contributed by atoms with Gasteiger partial charge in [0.1, 0.15) is 0 Å². The van der Waals surface area contributed by atoms with Crippen LogP contribution in [-0.2, 0) is 9.53 Å². The van der Waals surface area contributed by atoms with E-state index in [2.05, 4.69) is 11.8 Å². The number of likely N-dealkylation sites (tertiary alicyclic amines) is 1. The van der Waals surface area contributed by atoms with Gasteiger partial charge in [-0.1, -0.05) is 6.07 Å². The van der Waals surface area contributed by atoms with Crippen molar-refractivity contribution in [3.8, 4) is 11.5 Å². The third kappa shape index (κ3) is 3.90. The number of ether oxygens (including phenoxy) is 3. The van der Waals surface area contributed by atoms with Gasteiger partial charge in [-0.25, -0.2) is 0 Å². The summed E-state index contributed by atoms with van der Waals surface area (Å²) >= 11 is 0. The normalized spacial score (nSPS) is 24.4. The molecule has 1 aromatic carbocycles. The molecule has 2 fully saturated rings. The molecule has 0 unspecified atom stereocenters. The summed E-state index contributed by atoms with van der Waals surface area (Å²) in [5.41, 5.74) is 1.11. The van der Waals surface area contributed by atoms with Gasteiger partial charge in [-0.15, -0.1) is 0 Å². The maximum atomic E-state index is 12.9. The molecule has 2 aliphatic rings. The van der Waals surface area contributed by atoms with Crippen molar-refractivity contribution in [2.75, 3.05) is 47.1 Å². The summed E-state index contributed by atoms with van der Waals surface area (Å²) in [4.78, 5) is 17.1. The summed E-state index contributed by atoms with van der Waals surface area (Å²) in [5, 5.41) is 0. The van der Waals surface area contributed by atoms with Crippen LogP contribution in [0.15, 0.2) is 18.2 Å². The van der Waals surface area contributed by atoms with E-state index < -0.39 is 0 Å². The topological polar surface area (TPSA) is 51.2 Å². The first-order chi connectivity index (χ1) is 12.1. The zero-order valence-electron chi connectivity index (χ0n) is 15.4. The van der Waals surface area contributed by atoms with Gasteiger partial charge in [0.2, 0.25) is 5.91 Å². The summed E-state index contributed by atoms with van der Waals surface area (Å²) in [6.07, 6.45) is 2.02. The Morgan fingerprint density at radius 3 is 2.76 bits per heavy atom. The first-order valence-corrected chi connectivity index (χ1v) is 8.97. The molecule has 0 bridgehead atoms. The van der Waals surface area contributed by atoms with Crippen molar-refractivity contribution >= 4 is 5.91 Å². The molecule has 6 nitrogen and oxygen atoms in total. The van der Waals surface area contributed by atoms with Crippen LogP contribution in [0, 0.1) is 0 Å². The zero-order valence-corrected chi connectivity index (χ0v) is 15.4. The molecular formula is C19H28N2O4. The van der Waals surface area contributed by atoms with Gasteiger partial charge in [0, 0.05) is 19.1 Å². The van der Waals surface area contributed by atoms with E-state index in [9.17, 15) is 4.79 Å². The second kappa shape index (κ2) is 8.06. The smallest absolute Gasteiger partial charge is 0.237 e. The Morgan fingerprint density at radius 1 is 1.24 bits per heavy atom. The lowest BCUT2D eigenvalue weighted by atomic mass is 10.0. The summed E-state index contributed by atoms with van der Waals surface area (Å²) in [5.74, 6) is 1.62. The molecule has 2 atom stereocenters. The molecule has 2 heterocycles. The lowest BCUT2D eigenvalue weighted by molar-refractivity contribution is -0.135. The number of nitrogens with zero attached hydrogens (tertiary/aromatic N) is 2. The van der Waals surface area contributed by atoms with Crippen molar-refractivity contribution in [1.82, 2.24) is 9.80 Å². The largest absolute Gasteiger partial charge is 0.493 e. The predicted octanol–water partition coefficient (Wildman–Crippen LogP) is 2.09. The standard InChI is InChI=1S/C19H28N2O4/c1-14-13-25-10-9-20(14)12-19(22)21-8-4-5-16(21)15-6-7-17(23-2)18(11-15)24-3/h6-7,11,14,16H,4-5,8-10,12-13H2,1-3H3/t14-,16+/m0/s1. The molecule has 25 heavy (non-hydrogen) atoms. The van der Waals surface area contributed by atoms with Gasteiger partial charge in [-0.2, -0.15) is 0 Å². The van der Waals surface area contributed by atoms with Crippen molar-refractivity contribution in [2.45, 2.75) is 31.8 Å². The number of hydrogen-bond donors (Lipinski definition) is 0. The minimum absolute atomic E-state index is 0.114. The Hall–Kier alpha value is -1.79. The lowest BCUT2D eigenvalue weighted by Gasteiger charge is -2.35. The second-order valence-corrected chi connectivity index (χ2v) is 6.75. The molecule has 0 aliphatic carbocycles. The molecule has 0 spiro atoms. The highest BCUT2D eigenvalue weighted by Crippen LogP contribution is 2.37. The van der Waals surface area contributed by atoms with Crippen LogP contribution >= 0.6 is 0 Å². The number of carbonyl (C=O) groups excluding carboxylic acids is 1. The highest BCUT2D eigenvalue weighted by atomic mass is 16.5. The van der Waals surface area contributed by atoms with E-state index in [1.54, 1.807) is 14.2 Å². The Kier molecular flexibility index (Phi) is 5.81. The van der Waals surface area contributed by atoms with E-state index >= 15 is 0 Å². The first kappa shape index (κ1) is 18.0. The van der Waals surface area contributed by atoms with Gasteiger partial charge in [-0.3, -0.25) is 9.69 Å². The third-order valence-corrected chi connectivity index (χ3v) is 5.21. The van der Waals surface area contributed by atoms with E-state index in [0.717, 1.165) is 31.5 Å². The number of rotatable bonds is 5. The Bertz CT molecular complexity index is 607. The number of hydrogen-bond acceptors (Lipinski definition) is 5. The third-order valence-electron chi connectivity index (χ3n) is 5.21. The summed E-state index contributed by atoms with van der Waals surface area (Å²) in [7, 11) is 3.27. The highest BCUT2D eigenvalue weighted by molar-refractivity contribution is 5.79. The SMILES string of the molecule is COc1ccc([C@H]2CCCN2C(=O)CN2CCOC[C@@H]2C)cc1OC. The van der Waals surface area contributed by atoms with E-state index in [0.29, 0.717) is 37.3 Å². The molecule has 1 amide bonds. The van der Waals surface area contributed by atoms with E-state index in [4.69, 9.17) is 14.2 Å². The summed E-state index contributed by atoms with van der Waals surface area (Å²) in [6.45, 7) is 5.62. The maximum absolute atomic E-state index is 12.9. The van der Waals surface area contributed by atoms with Crippen LogP contribution < -0.4 is 9.47 Å². The van der Waals surface area contributed by atoms with Crippen LogP contribution in [0.4, 0.5) is 0 Å². The molecule has 1 aromatic rings. The first-order valence-electron chi connectivity index (χ1n) is 8.97. The van der Waals surface area contributed by atoms with E-state index in [-0.39, 0.29) is 11.9 Å². The Morgan fingerprint density at radius 2 is 2.04 bits per heavy atom. The van der Waals surface area contributed by atoms with Crippen molar-refractivity contribution in [3.05, 3.63) is 23.8 Å². The van der Waals surface area contributed by atoms with Gasteiger partial charge < -0.3 is 19.1 Å². The molecule has 2 saturated heterocycles. The minimum atomic E-state index is 0.114. The van der Waals surface area contributed by atoms with Crippen molar-refractivity contribution in [3.63, 3.8) is 0 Å². The van der Waals surface area contributed by atoms with Crippen molar-refractivity contribution in [1.29, 1.82) is 0 Å². The predicted molar refractivity (Wildman–Crippen MR) is 95.1 cm³/mol. The van der Waals surface area contributed by atoms with Gasteiger partial charge in [0.05, 0.1) is 40.0 Å². The number of amides is 1. The molecule has 0 aromatic heterocycles. The Labute approximate surface area is 149 Å². The zero-order chi connectivity index (χ0) is 17.8. The van der Waals surface area contributed by atoms with Gasteiger partial charge in [0.15, 0.2) is 11.5 Å². The van der Waals surface area contributed by atoms with Gasteiger partial charge >= 0.3 is 0 Å². The average Bonchev–Trinajstić information content (AvgIpc) is 3.13.